The zero-order chi connectivity index (χ0) is 20.5. The molecule has 0 amide bonds. The smallest absolute Gasteiger partial charge is 0.348 e. The molecule has 8 nitrogen and oxygen atoms in total. The Morgan fingerprint density at radius 2 is 2.11 bits per heavy atom. The molecule has 28 heavy (non-hydrogen) atoms. The summed E-state index contributed by atoms with van der Waals surface area (Å²) in [6.07, 6.45) is 3.09. The molecule has 1 aliphatic rings. The van der Waals surface area contributed by atoms with Gasteiger partial charge < -0.3 is 9.64 Å². The molecule has 154 valence electrons. The van der Waals surface area contributed by atoms with Gasteiger partial charge in [-0.1, -0.05) is 0 Å². The van der Waals surface area contributed by atoms with Gasteiger partial charge in [-0.05, 0) is 45.1 Å². The van der Waals surface area contributed by atoms with Gasteiger partial charge in [0.2, 0.25) is 10.0 Å². The Morgan fingerprint density at radius 3 is 2.79 bits per heavy atom. The van der Waals surface area contributed by atoms with Gasteiger partial charge in [0, 0.05) is 19.6 Å². The molecule has 10 heteroatoms. The average Bonchev–Trinajstić information content (AvgIpc) is 2.96. The van der Waals surface area contributed by atoms with Gasteiger partial charge in [-0.2, -0.15) is 0 Å². The largest absolute Gasteiger partial charge is 0.462 e. The van der Waals surface area contributed by atoms with Crippen molar-refractivity contribution in [1.82, 2.24) is 14.7 Å². The second-order valence-electron chi connectivity index (χ2n) is 7.13. The minimum Gasteiger partial charge on any atom is -0.462 e. The van der Waals surface area contributed by atoms with Crippen molar-refractivity contribution in [2.75, 3.05) is 37.4 Å². The van der Waals surface area contributed by atoms with E-state index in [-0.39, 0.29) is 11.9 Å². The van der Waals surface area contributed by atoms with Crippen LogP contribution in [0, 0.1) is 19.8 Å². The SMILES string of the molecule is CCOC(=O)c1sc2nc(C)nc(N3CCCC(CNS(C)(=O)=O)C3)c2c1C. The van der Waals surface area contributed by atoms with E-state index in [1.807, 2.05) is 13.8 Å². The van der Waals surface area contributed by atoms with Crippen molar-refractivity contribution in [3.05, 3.63) is 16.3 Å². The Labute approximate surface area is 169 Å². The second kappa shape index (κ2) is 8.30. The van der Waals surface area contributed by atoms with Crippen LogP contribution in [0.4, 0.5) is 5.82 Å². The predicted molar refractivity (Wildman–Crippen MR) is 111 cm³/mol. The monoisotopic (exact) mass is 426 g/mol. The Bertz CT molecular complexity index is 987. The summed E-state index contributed by atoms with van der Waals surface area (Å²) in [5.74, 6) is 1.34. The molecule has 3 heterocycles. The van der Waals surface area contributed by atoms with Crippen LogP contribution in [-0.2, 0) is 14.8 Å². The molecule has 1 saturated heterocycles. The van der Waals surface area contributed by atoms with Crippen LogP contribution in [0.15, 0.2) is 0 Å². The fraction of sp³-hybridized carbons (Fsp3) is 0.611. The summed E-state index contributed by atoms with van der Waals surface area (Å²) < 4.78 is 30.6. The van der Waals surface area contributed by atoms with E-state index in [0.29, 0.717) is 30.4 Å². The van der Waals surface area contributed by atoms with E-state index >= 15 is 0 Å². The standard InChI is InChI=1S/C18H26N4O4S2/c1-5-26-18(23)15-11(2)14-16(20-12(3)21-17(14)27-15)22-8-6-7-13(10-22)9-19-28(4,24)25/h13,19H,5-10H2,1-4H3. The molecule has 0 aliphatic carbocycles. The van der Waals surface area contributed by atoms with E-state index < -0.39 is 10.0 Å². The number of esters is 1. The highest BCUT2D eigenvalue weighted by Gasteiger charge is 2.27. The van der Waals surface area contributed by atoms with Crippen molar-refractivity contribution < 1.29 is 17.9 Å². The third kappa shape index (κ3) is 4.61. The molecule has 2 aromatic rings. The third-order valence-electron chi connectivity index (χ3n) is 4.80. The number of nitrogens with zero attached hydrogens (tertiary/aromatic N) is 3. The van der Waals surface area contributed by atoms with E-state index in [0.717, 1.165) is 41.0 Å². The number of aryl methyl sites for hydroxylation is 2. The molecule has 0 bridgehead atoms. The van der Waals surface area contributed by atoms with Gasteiger partial charge in [-0.15, -0.1) is 11.3 Å². The lowest BCUT2D eigenvalue weighted by molar-refractivity contribution is 0.0531. The van der Waals surface area contributed by atoms with Crippen LogP contribution in [0.25, 0.3) is 10.2 Å². The number of thiophene rings is 1. The van der Waals surface area contributed by atoms with E-state index in [9.17, 15) is 13.2 Å². The first-order chi connectivity index (χ1) is 13.2. The first-order valence-electron chi connectivity index (χ1n) is 9.34. The predicted octanol–water partition coefficient (Wildman–Crippen LogP) is 2.25. The normalized spacial score (nSPS) is 17.9. The summed E-state index contributed by atoms with van der Waals surface area (Å²) in [6.45, 7) is 7.82. The average molecular weight is 427 g/mol. The topological polar surface area (TPSA) is 101 Å². The number of aromatic nitrogens is 2. The van der Waals surface area contributed by atoms with Crippen molar-refractivity contribution in [2.24, 2.45) is 5.92 Å². The maximum absolute atomic E-state index is 12.3. The maximum atomic E-state index is 12.3. The van der Waals surface area contributed by atoms with Gasteiger partial charge in [0.15, 0.2) is 0 Å². The highest BCUT2D eigenvalue weighted by atomic mass is 32.2. The van der Waals surface area contributed by atoms with Gasteiger partial charge in [0.25, 0.3) is 0 Å². The van der Waals surface area contributed by atoms with Crippen LogP contribution >= 0.6 is 11.3 Å². The number of piperidine rings is 1. The maximum Gasteiger partial charge on any atom is 0.348 e. The van der Waals surface area contributed by atoms with Gasteiger partial charge in [-0.25, -0.2) is 27.9 Å². The molecule has 1 atom stereocenters. The zero-order valence-corrected chi connectivity index (χ0v) is 18.2. The Kier molecular flexibility index (Phi) is 6.21. The minimum atomic E-state index is -3.21. The molecule has 1 aliphatic heterocycles. The Hall–Kier alpha value is -1.78. The van der Waals surface area contributed by atoms with Gasteiger partial charge in [0.05, 0.1) is 18.2 Å². The van der Waals surface area contributed by atoms with Crippen molar-refractivity contribution in [3.63, 3.8) is 0 Å². The molecule has 0 saturated carbocycles. The number of carbonyl (C=O) groups is 1. The number of hydrogen-bond donors (Lipinski definition) is 1. The number of hydrogen-bond acceptors (Lipinski definition) is 8. The number of ether oxygens (including phenoxy) is 1. The number of carbonyl (C=O) groups excluding carboxylic acids is 1. The second-order valence-corrected chi connectivity index (χ2v) is 9.96. The molecule has 1 fully saturated rings. The molecular formula is C18H26N4O4S2. The van der Waals surface area contributed by atoms with Crippen molar-refractivity contribution >= 4 is 43.4 Å². The first-order valence-corrected chi connectivity index (χ1v) is 12.0. The molecule has 0 spiro atoms. The summed E-state index contributed by atoms with van der Waals surface area (Å²) >= 11 is 1.33. The van der Waals surface area contributed by atoms with Gasteiger partial charge in [0.1, 0.15) is 21.3 Å². The van der Waals surface area contributed by atoms with Crippen LogP contribution in [0.1, 0.15) is 40.8 Å². The molecule has 0 radical (unpaired) electrons. The lowest BCUT2D eigenvalue weighted by atomic mass is 9.98. The van der Waals surface area contributed by atoms with Crippen LogP contribution in [0.3, 0.4) is 0 Å². The third-order valence-corrected chi connectivity index (χ3v) is 6.65. The Balaban J connectivity index is 1.94. The molecule has 2 aromatic heterocycles. The summed E-state index contributed by atoms with van der Waals surface area (Å²) in [7, 11) is -3.21. The summed E-state index contributed by atoms with van der Waals surface area (Å²) in [5, 5.41) is 0.885. The van der Waals surface area contributed by atoms with E-state index in [2.05, 4.69) is 19.6 Å². The Morgan fingerprint density at radius 1 is 1.36 bits per heavy atom. The number of rotatable bonds is 6. The highest BCUT2D eigenvalue weighted by Crippen LogP contribution is 2.37. The lowest BCUT2D eigenvalue weighted by Gasteiger charge is -2.34. The number of sulfonamides is 1. The highest BCUT2D eigenvalue weighted by molar-refractivity contribution is 7.88. The molecule has 0 aromatic carbocycles. The number of fused-ring (bicyclic) bond motifs is 1. The molecule has 1 N–H and O–H groups in total. The van der Waals surface area contributed by atoms with Crippen molar-refractivity contribution in [3.8, 4) is 0 Å². The first kappa shape index (κ1) is 20.9. The van der Waals surface area contributed by atoms with Crippen LogP contribution in [0.5, 0.6) is 0 Å². The lowest BCUT2D eigenvalue weighted by Crippen LogP contribution is -2.41. The summed E-state index contributed by atoms with van der Waals surface area (Å²) in [5.41, 5.74) is 0.838. The molecule has 3 rings (SSSR count). The van der Waals surface area contributed by atoms with Crippen LogP contribution < -0.4 is 9.62 Å². The summed E-state index contributed by atoms with van der Waals surface area (Å²) in [6, 6.07) is 0. The van der Waals surface area contributed by atoms with Crippen LogP contribution in [0.2, 0.25) is 0 Å². The quantitative estimate of drug-likeness (QED) is 0.707. The zero-order valence-electron chi connectivity index (χ0n) is 16.6. The fourth-order valence-corrected chi connectivity index (χ4v) is 5.19. The van der Waals surface area contributed by atoms with Gasteiger partial charge in [-0.3, -0.25) is 0 Å². The van der Waals surface area contributed by atoms with E-state index in [1.54, 1.807) is 6.92 Å². The number of nitrogens with one attached hydrogen (secondary N) is 1. The number of anilines is 1. The van der Waals surface area contributed by atoms with E-state index in [4.69, 9.17) is 4.74 Å². The van der Waals surface area contributed by atoms with Crippen molar-refractivity contribution in [1.29, 1.82) is 0 Å². The molecular weight excluding hydrogens is 400 g/mol. The summed E-state index contributed by atoms with van der Waals surface area (Å²) in [4.78, 5) is 25.0. The van der Waals surface area contributed by atoms with Crippen molar-refractivity contribution in [2.45, 2.75) is 33.6 Å². The minimum absolute atomic E-state index is 0.206. The fourth-order valence-electron chi connectivity index (χ4n) is 3.53. The van der Waals surface area contributed by atoms with Crippen LogP contribution in [-0.4, -0.2) is 56.9 Å². The van der Waals surface area contributed by atoms with Gasteiger partial charge >= 0.3 is 5.97 Å². The molecule has 1 unspecified atom stereocenters. The van der Waals surface area contributed by atoms with E-state index in [1.165, 1.54) is 17.6 Å².